The summed E-state index contributed by atoms with van der Waals surface area (Å²) < 4.78 is 0. The summed E-state index contributed by atoms with van der Waals surface area (Å²) in [6.07, 6.45) is 11.8. The molecule has 0 aliphatic rings. The number of ketones is 1. The molecule has 0 bridgehead atoms. The van der Waals surface area contributed by atoms with Crippen molar-refractivity contribution in [2.75, 3.05) is 0 Å². The van der Waals surface area contributed by atoms with Crippen molar-refractivity contribution in [1.82, 2.24) is 0 Å². The van der Waals surface area contributed by atoms with Crippen molar-refractivity contribution in [3.63, 3.8) is 0 Å². The molecule has 74 valence electrons. The third kappa shape index (κ3) is 9.06. The molecule has 0 heterocycles. The lowest BCUT2D eigenvalue weighted by Gasteiger charge is -1.93. The second-order valence-corrected chi connectivity index (χ2v) is 3.21. The molecule has 0 N–H and O–H groups in total. The first-order chi connectivity index (χ1) is 6.31. The number of hydrogen-bond acceptors (Lipinski definition) is 1. The van der Waals surface area contributed by atoms with Crippen LogP contribution in [0.5, 0.6) is 0 Å². The average molecular weight is 180 g/mol. The van der Waals surface area contributed by atoms with E-state index in [9.17, 15) is 4.79 Å². The topological polar surface area (TPSA) is 17.1 Å². The van der Waals surface area contributed by atoms with E-state index in [4.69, 9.17) is 0 Å². The number of carbonyl (C=O) groups excluding carboxylic acids is 1. The molecule has 0 spiro atoms. The van der Waals surface area contributed by atoms with Crippen molar-refractivity contribution in [2.24, 2.45) is 0 Å². The van der Waals surface area contributed by atoms with E-state index in [0.717, 1.165) is 6.42 Å². The highest BCUT2D eigenvalue weighted by atomic mass is 16.1. The molecule has 0 aromatic rings. The lowest BCUT2D eigenvalue weighted by atomic mass is 10.1. The molecule has 0 atom stereocenters. The molecule has 0 aromatic heterocycles. The Labute approximate surface area is 81.5 Å². The van der Waals surface area contributed by atoms with Crippen molar-refractivity contribution >= 4 is 5.78 Å². The molecule has 0 aliphatic heterocycles. The van der Waals surface area contributed by atoms with E-state index in [0.29, 0.717) is 6.42 Å². The Morgan fingerprint density at radius 3 is 2.69 bits per heavy atom. The fourth-order valence-electron chi connectivity index (χ4n) is 1.11. The van der Waals surface area contributed by atoms with Gasteiger partial charge in [-0.2, -0.15) is 0 Å². The van der Waals surface area contributed by atoms with E-state index in [1.54, 1.807) is 12.2 Å². The van der Waals surface area contributed by atoms with Crippen molar-refractivity contribution in [2.45, 2.75) is 45.4 Å². The Balaban J connectivity index is 3.30. The van der Waals surface area contributed by atoms with Crippen LogP contribution in [0.15, 0.2) is 24.8 Å². The highest BCUT2D eigenvalue weighted by molar-refractivity contribution is 5.90. The van der Waals surface area contributed by atoms with Crippen LogP contribution in [-0.4, -0.2) is 5.78 Å². The Hall–Kier alpha value is -0.850. The molecule has 0 amide bonds. The minimum atomic E-state index is 0.158. The quantitative estimate of drug-likeness (QED) is 0.316. The van der Waals surface area contributed by atoms with E-state index in [1.807, 2.05) is 6.08 Å². The molecular weight excluding hydrogens is 160 g/mol. The molecule has 0 rings (SSSR count). The van der Waals surface area contributed by atoms with Crippen LogP contribution in [0.25, 0.3) is 0 Å². The van der Waals surface area contributed by atoms with Gasteiger partial charge in [0.15, 0.2) is 5.78 Å². The maximum Gasteiger partial charge on any atom is 0.159 e. The Morgan fingerprint density at radius 2 is 2.08 bits per heavy atom. The zero-order valence-corrected chi connectivity index (χ0v) is 8.59. The van der Waals surface area contributed by atoms with Crippen molar-refractivity contribution in [1.29, 1.82) is 0 Å². The van der Waals surface area contributed by atoms with E-state index in [2.05, 4.69) is 13.5 Å². The van der Waals surface area contributed by atoms with Gasteiger partial charge in [0.1, 0.15) is 0 Å². The third-order valence-corrected chi connectivity index (χ3v) is 1.87. The Kier molecular flexibility index (Phi) is 8.64. The Bertz CT molecular complexity index is 168. The van der Waals surface area contributed by atoms with Gasteiger partial charge in [0, 0.05) is 6.42 Å². The van der Waals surface area contributed by atoms with Gasteiger partial charge in [-0.05, 0) is 18.9 Å². The summed E-state index contributed by atoms with van der Waals surface area (Å²) in [4.78, 5) is 11.0. The lowest BCUT2D eigenvalue weighted by molar-refractivity contribution is -0.113. The molecule has 0 unspecified atom stereocenters. The fourth-order valence-corrected chi connectivity index (χ4v) is 1.11. The van der Waals surface area contributed by atoms with E-state index < -0.39 is 0 Å². The largest absolute Gasteiger partial charge is 0.295 e. The summed E-state index contributed by atoms with van der Waals surface area (Å²) in [6, 6.07) is 0. The monoisotopic (exact) mass is 180 g/mol. The summed E-state index contributed by atoms with van der Waals surface area (Å²) in [5.74, 6) is 0.158. The van der Waals surface area contributed by atoms with Crippen molar-refractivity contribution < 1.29 is 4.79 Å². The van der Waals surface area contributed by atoms with Crippen LogP contribution in [0.2, 0.25) is 0 Å². The fraction of sp³-hybridized carbons (Fsp3) is 0.583. The maximum absolute atomic E-state index is 11.0. The summed E-state index contributed by atoms with van der Waals surface area (Å²) in [6.45, 7) is 5.71. The van der Waals surface area contributed by atoms with Crippen LogP contribution in [-0.2, 0) is 4.79 Å². The van der Waals surface area contributed by atoms with Crippen molar-refractivity contribution in [3.8, 4) is 0 Å². The van der Waals surface area contributed by atoms with Crippen LogP contribution in [0.4, 0.5) is 0 Å². The molecule has 1 heteroatoms. The molecule has 0 aliphatic carbocycles. The first-order valence-corrected chi connectivity index (χ1v) is 5.11. The minimum absolute atomic E-state index is 0.158. The lowest BCUT2D eigenvalue weighted by Crippen LogP contribution is -1.87. The number of unbranched alkanes of at least 4 members (excludes halogenated alkanes) is 4. The Morgan fingerprint density at radius 1 is 1.31 bits per heavy atom. The summed E-state index contributed by atoms with van der Waals surface area (Å²) >= 11 is 0. The van der Waals surface area contributed by atoms with E-state index in [-0.39, 0.29) is 5.78 Å². The van der Waals surface area contributed by atoms with Crippen LogP contribution < -0.4 is 0 Å². The molecule has 0 aromatic carbocycles. The van der Waals surface area contributed by atoms with Gasteiger partial charge in [0.05, 0.1) is 0 Å². The van der Waals surface area contributed by atoms with Gasteiger partial charge in [0.2, 0.25) is 0 Å². The molecule has 0 fully saturated rings. The normalized spacial score (nSPS) is 10.5. The van der Waals surface area contributed by atoms with E-state index >= 15 is 0 Å². The predicted molar refractivity (Wildman–Crippen MR) is 57.7 cm³/mol. The van der Waals surface area contributed by atoms with Crippen molar-refractivity contribution in [3.05, 3.63) is 24.8 Å². The average Bonchev–Trinajstić information content (AvgIpc) is 2.11. The van der Waals surface area contributed by atoms with Crippen LogP contribution in [0, 0.1) is 0 Å². The van der Waals surface area contributed by atoms with Crippen LogP contribution in [0.1, 0.15) is 45.4 Å². The van der Waals surface area contributed by atoms with Crippen LogP contribution >= 0.6 is 0 Å². The SMILES string of the molecule is C=CCC(=O)C=CCCCCCC. The third-order valence-electron chi connectivity index (χ3n) is 1.87. The standard InChI is InChI=1S/C12H20O/c1-3-5-6-7-8-9-11-12(13)10-4-2/h4,9,11H,2-3,5-8,10H2,1H3. The molecule has 0 saturated heterocycles. The van der Waals surface area contributed by atoms with Crippen LogP contribution in [0.3, 0.4) is 0 Å². The second-order valence-electron chi connectivity index (χ2n) is 3.21. The smallest absolute Gasteiger partial charge is 0.159 e. The van der Waals surface area contributed by atoms with Gasteiger partial charge in [-0.15, -0.1) is 6.58 Å². The number of hydrogen-bond donors (Lipinski definition) is 0. The molecule has 0 saturated carbocycles. The maximum atomic E-state index is 11.0. The summed E-state index contributed by atoms with van der Waals surface area (Å²) in [5.41, 5.74) is 0. The molecular formula is C12H20O. The van der Waals surface area contributed by atoms with Gasteiger partial charge < -0.3 is 0 Å². The van der Waals surface area contributed by atoms with Gasteiger partial charge in [-0.25, -0.2) is 0 Å². The van der Waals surface area contributed by atoms with Gasteiger partial charge in [-0.3, -0.25) is 4.79 Å². The first-order valence-electron chi connectivity index (χ1n) is 5.11. The van der Waals surface area contributed by atoms with Gasteiger partial charge in [0.25, 0.3) is 0 Å². The second kappa shape index (κ2) is 9.24. The molecule has 13 heavy (non-hydrogen) atoms. The summed E-state index contributed by atoms with van der Waals surface area (Å²) in [5, 5.41) is 0. The number of rotatable bonds is 8. The highest BCUT2D eigenvalue weighted by Crippen LogP contribution is 2.02. The molecule has 1 nitrogen and oxygen atoms in total. The van der Waals surface area contributed by atoms with Gasteiger partial charge in [-0.1, -0.05) is 38.3 Å². The first kappa shape index (κ1) is 12.2. The highest BCUT2D eigenvalue weighted by Gasteiger charge is 1.90. The van der Waals surface area contributed by atoms with Gasteiger partial charge >= 0.3 is 0 Å². The van der Waals surface area contributed by atoms with E-state index in [1.165, 1.54) is 25.7 Å². The predicted octanol–water partition coefficient (Wildman–Crippen LogP) is 3.66. The number of carbonyl (C=O) groups is 1. The molecule has 0 radical (unpaired) electrons. The summed E-state index contributed by atoms with van der Waals surface area (Å²) in [7, 11) is 0. The zero-order chi connectivity index (χ0) is 9.94. The minimum Gasteiger partial charge on any atom is -0.295 e. The number of allylic oxidation sites excluding steroid dienone is 3. The zero-order valence-electron chi connectivity index (χ0n) is 8.59.